The molecule has 0 atom stereocenters. The van der Waals surface area contributed by atoms with Gasteiger partial charge in [-0.05, 0) is 62.9 Å². The Morgan fingerprint density at radius 1 is 1.17 bits per heavy atom. The molecule has 1 amide bonds. The molecule has 1 aliphatic heterocycles. The van der Waals surface area contributed by atoms with E-state index in [0.29, 0.717) is 11.3 Å². The van der Waals surface area contributed by atoms with Crippen LogP contribution in [0.2, 0.25) is 0 Å². The molecule has 0 radical (unpaired) electrons. The van der Waals surface area contributed by atoms with E-state index in [-0.39, 0.29) is 5.91 Å². The minimum Gasteiger partial charge on any atom is -0.466 e. The van der Waals surface area contributed by atoms with E-state index in [2.05, 4.69) is 29.3 Å². The fourth-order valence-corrected chi connectivity index (χ4v) is 3.08. The van der Waals surface area contributed by atoms with E-state index in [4.69, 9.17) is 4.42 Å². The van der Waals surface area contributed by atoms with Crippen LogP contribution < -0.4 is 10.2 Å². The van der Waals surface area contributed by atoms with Crippen molar-refractivity contribution in [2.24, 2.45) is 5.92 Å². The molecule has 0 aliphatic carbocycles. The van der Waals surface area contributed by atoms with Gasteiger partial charge >= 0.3 is 0 Å². The average Bonchev–Trinajstić information content (AvgIpc) is 2.88. The standard InChI is InChI=1S/C19H24N2O2/c1-13-8-10-21(11-9-13)17-6-4-16(5-7-17)20-19(22)18-12-14(2)23-15(18)3/h4-7,12-13H,8-11H2,1-3H3,(H,20,22). The second kappa shape index (κ2) is 6.49. The minimum atomic E-state index is -0.126. The predicted octanol–water partition coefficient (Wildman–Crippen LogP) is 4.39. The summed E-state index contributed by atoms with van der Waals surface area (Å²) in [6.07, 6.45) is 2.50. The largest absolute Gasteiger partial charge is 0.466 e. The van der Waals surface area contributed by atoms with Crippen molar-refractivity contribution in [1.29, 1.82) is 0 Å². The Morgan fingerprint density at radius 2 is 1.83 bits per heavy atom. The maximum absolute atomic E-state index is 12.3. The third-order valence-corrected chi connectivity index (χ3v) is 4.56. The van der Waals surface area contributed by atoms with Gasteiger partial charge in [-0.15, -0.1) is 0 Å². The fraction of sp³-hybridized carbons (Fsp3) is 0.421. The second-order valence-electron chi connectivity index (χ2n) is 6.50. The van der Waals surface area contributed by atoms with Crippen LogP contribution in [0.4, 0.5) is 11.4 Å². The van der Waals surface area contributed by atoms with Crippen LogP contribution in [0.25, 0.3) is 0 Å². The molecule has 1 aromatic carbocycles. The third-order valence-electron chi connectivity index (χ3n) is 4.56. The summed E-state index contributed by atoms with van der Waals surface area (Å²) in [5, 5.41) is 2.93. The predicted molar refractivity (Wildman–Crippen MR) is 93.2 cm³/mol. The summed E-state index contributed by atoms with van der Waals surface area (Å²) in [7, 11) is 0. The summed E-state index contributed by atoms with van der Waals surface area (Å²) in [5.74, 6) is 2.10. The highest BCUT2D eigenvalue weighted by molar-refractivity contribution is 6.05. The first-order chi connectivity index (χ1) is 11.0. The average molecular weight is 312 g/mol. The number of furan rings is 1. The van der Waals surface area contributed by atoms with E-state index in [1.165, 1.54) is 18.5 Å². The Morgan fingerprint density at radius 3 is 2.39 bits per heavy atom. The Hall–Kier alpha value is -2.23. The van der Waals surface area contributed by atoms with Crippen molar-refractivity contribution in [3.05, 3.63) is 47.4 Å². The van der Waals surface area contributed by atoms with Gasteiger partial charge in [0.15, 0.2) is 0 Å². The van der Waals surface area contributed by atoms with E-state index in [9.17, 15) is 4.79 Å². The summed E-state index contributed by atoms with van der Waals surface area (Å²) in [6, 6.07) is 9.87. The highest BCUT2D eigenvalue weighted by Gasteiger charge is 2.16. The Bertz CT molecular complexity index is 680. The van der Waals surface area contributed by atoms with Crippen molar-refractivity contribution in [1.82, 2.24) is 0 Å². The van der Waals surface area contributed by atoms with Crippen molar-refractivity contribution < 1.29 is 9.21 Å². The first-order valence-electron chi connectivity index (χ1n) is 8.26. The second-order valence-corrected chi connectivity index (χ2v) is 6.50. The van der Waals surface area contributed by atoms with Gasteiger partial charge in [0.25, 0.3) is 5.91 Å². The van der Waals surface area contributed by atoms with Gasteiger partial charge in [0, 0.05) is 24.5 Å². The van der Waals surface area contributed by atoms with Crippen LogP contribution in [-0.4, -0.2) is 19.0 Å². The molecule has 4 nitrogen and oxygen atoms in total. The van der Waals surface area contributed by atoms with Gasteiger partial charge < -0.3 is 14.6 Å². The lowest BCUT2D eigenvalue weighted by atomic mass is 9.99. The highest BCUT2D eigenvalue weighted by Crippen LogP contribution is 2.24. The highest BCUT2D eigenvalue weighted by atomic mass is 16.3. The molecule has 4 heteroatoms. The molecule has 2 aromatic rings. The molecule has 1 fully saturated rings. The lowest BCUT2D eigenvalue weighted by Gasteiger charge is -2.32. The molecular weight excluding hydrogens is 288 g/mol. The fourth-order valence-electron chi connectivity index (χ4n) is 3.08. The minimum absolute atomic E-state index is 0.126. The third kappa shape index (κ3) is 3.58. The number of hydrogen-bond acceptors (Lipinski definition) is 3. The maximum atomic E-state index is 12.3. The molecule has 3 rings (SSSR count). The first kappa shape index (κ1) is 15.7. The number of nitrogens with zero attached hydrogens (tertiary/aromatic N) is 1. The summed E-state index contributed by atoms with van der Waals surface area (Å²) in [4.78, 5) is 14.7. The van der Waals surface area contributed by atoms with Crippen LogP contribution in [0.5, 0.6) is 0 Å². The van der Waals surface area contributed by atoms with Crippen molar-refractivity contribution in [2.45, 2.75) is 33.6 Å². The lowest BCUT2D eigenvalue weighted by molar-refractivity contribution is 0.102. The molecule has 122 valence electrons. The Balaban J connectivity index is 1.65. The number of amides is 1. The molecule has 23 heavy (non-hydrogen) atoms. The SMILES string of the molecule is Cc1cc(C(=O)Nc2ccc(N3CCC(C)CC3)cc2)c(C)o1. The summed E-state index contributed by atoms with van der Waals surface area (Å²) < 4.78 is 5.41. The number of carbonyl (C=O) groups excluding carboxylic acids is 1. The van der Waals surface area contributed by atoms with Crippen LogP contribution in [0.3, 0.4) is 0 Å². The molecule has 1 aromatic heterocycles. The van der Waals surface area contributed by atoms with E-state index in [0.717, 1.165) is 30.5 Å². The van der Waals surface area contributed by atoms with Gasteiger partial charge in [0.1, 0.15) is 11.5 Å². The molecule has 0 saturated carbocycles. The summed E-state index contributed by atoms with van der Waals surface area (Å²) in [5.41, 5.74) is 2.63. The number of benzene rings is 1. The number of piperidine rings is 1. The van der Waals surface area contributed by atoms with Gasteiger partial charge in [-0.25, -0.2) is 0 Å². The van der Waals surface area contributed by atoms with Crippen LogP contribution in [0, 0.1) is 19.8 Å². The van der Waals surface area contributed by atoms with Crippen LogP contribution in [0.1, 0.15) is 41.6 Å². The maximum Gasteiger partial charge on any atom is 0.259 e. The molecule has 0 unspecified atom stereocenters. The van der Waals surface area contributed by atoms with Crippen LogP contribution >= 0.6 is 0 Å². The molecule has 0 bridgehead atoms. The zero-order chi connectivity index (χ0) is 16.4. The van der Waals surface area contributed by atoms with Crippen molar-refractivity contribution in [3.8, 4) is 0 Å². The Kier molecular flexibility index (Phi) is 4.42. The number of nitrogens with one attached hydrogen (secondary N) is 1. The van der Waals surface area contributed by atoms with E-state index in [1.54, 1.807) is 6.07 Å². The van der Waals surface area contributed by atoms with E-state index < -0.39 is 0 Å². The van der Waals surface area contributed by atoms with Crippen LogP contribution in [0.15, 0.2) is 34.7 Å². The van der Waals surface area contributed by atoms with Crippen LogP contribution in [-0.2, 0) is 0 Å². The number of anilines is 2. The molecule has 0 spiro atoms. The van der Waals surface area contributed by atoms with Crippen molar-refractivity contribution in [3.63, 3.8) is 0 Å². The molecule has 1 aliphatic rings. The summed E-state index contributed by atoms with van der Waals surface area (Å²) in [6.45, 7) is 8.19. The molecular formula is C19H24N2O2. The monoisotopic (exact) mass is 312 g/mol. The van der Waals surface area contributed by atoms with Gasteiger partial charge in [-0.2, -0.15) is 0 Å². The van der Waals surface area contributed by atoms with E-state index >= 15 is 0 Å². The van der Waals surface area contributed by atoms with Gasteiger partial charge in [-0.3, -0.25) is 4.79 Å². The normalized spacial score (nSPS) is 15.7. The van der Waals surface area contributed by atoms with Crippen molar-refractivity contribution in [2.75, 3.05) is 23.3 Å². The number of carbonyl (C=O) groups is 1. The van der Waals surface area contributed by atoms with Crippen molar-refractivity contribution >= 4 is 17.3 Å². The zero-order valence-electron chi connectivity index (χ0n) is 14.1. The topological polar surface area (TPSA) is 45.5 Å². The number of hydrogen-bond donors (Lipinski definition) is 1. The first-order valence-corrected chi connectivity index (χ1v) is 8.26. The number of aryl methyl sites for hydroxylation is 2. The smallest absolute Gasteiger partial charge is 0.259 e. The van der Waals surface area contributed by atoms with Gasteiger partial charge in [-0.1, -0.05) is 6.92 Å². The molecule has 1 saturated heterocycles. The molecule has 1 N–H and O–H groups in total. The van der Waals surface area contributed by atoms with Gasteiger partial charge in [0.2, 0.25) is 0 Å². The van der Waals surface area contributed by atoms with Gasteiger partial charge in [0.05, 0.1) is 5.56 Å². The zero-order valence-corrected chi connectivity index (χ0v) is 14.1. The number of rotatable bonds is 3. The molecule has 2 heterocycles. The quantitative estimate of drug-likeness (QED) is 0.914. The Labute approximate surface area is 137 Å². The van der Waals surface area contributed by atoms with E-state index in [1.807, 2.05) is 26.0 Å². The summed E-state index contributed by atoms with van der Waals surface area (Å²) >= 11 is 0. The lowest BCUT2D eigenvalue weighted by Crippen LogP contribution is -2.32.